The summed E-state index contributed by atoms with van der Waals surface area (Å²) in [5.41, 5.74) is 5.56. The summed E-state index contributed by atoms with van der Waals surface area (Å²) in [5, 5.41) is 0. The van der Waals surface area contributed by atoms with Crippen LogP contribution in [-0.4, -0.2) is 25.6 Å². The molecule has 20 heavy (non-hydrogen) atoms. The van der Waals surface area contributed by atoms with Crippen LogP contribution in [0, 0.1) is 0 Å². The van der Waals surface area contributed by atoms with Crippen molar-refractivity contribution in [1.82, 2.24) is 0 Å². The van der Waals surface area contributed by atoms with Crippen molar-refractivity contribution in [3.63, 3.8) is 0 Å². The molecule has 0 heterocycles. The Labute approximate surface area is 130 Å². The van der Waals surface area contributed by atoms with Gasteiger partial charge in [0.2, 0.25) is 0 Å². The predicted molar refractivity (Wildman–Crippen MR) is 76.5 cm³/mol. The lowest BCUT2D eigenvalue weighted by molar-refractivity contribution is -0.174. The van der Waals surface area contributed by atoms with Gasteiger partial charge in [-0.25, -0.2) is 4.79 Å². The number of hydrogen-bond donors (Lipinski definition) is 1. The maximum Gasteiger partial charge on any atom is 0.379 e. The van der Waals surface area contributed by atoms with E-state index in [1.54, 1.807) is 6.07 Å². The molecule has 114 valence electrons. The summed E-state index contributed by atoms with van der Waals surface area (Å²) >= 11 is 3.12. The zero-order valence-corrected chi connectivity index (χ0v) is 13.3. The van der Waals surface area contributed by atoms with Gasteiger partial charge in [-0.05, 0) is 30.7 Å². The van der Waals surface area contributed by atoms with Crippen LogP contribution in [0.25, 0.3) is 0 Å². The van der Waals surface area contributed by atoms with Crippen LogP contribution in [0.15, 0.2) is 22.7 Å². The third-order valence-corrected chi connectivity index (χ3v) is 3.20. The largest absolute Gasteiger partial charge is 0.497 e. The van der Waals surface area contributed by atoms with E-state index < -0.39 is 17.9 Å². The Balaban J connectivity index is 0.00000361. The summed E-state index contributed by atoms with van der Waals surface area (Å²) in [7, 11) is 1.40. The molecule has 2 N–H and O–H groups in total. The topological polar surface area (TPSA) is 61.5 Å². The Hall–Kier alpha value is -0.920. The summed E-state index contributed by atoms with van der Waals surface area (Å²) in [6, 6.07) is 2.64. The van der Waals surface area contributed by atoms with E-state index in [1.807, 2.05) is 0 Å². The van der Waals surface area contributed by atoms with E-state index in [0.29, 0.717) is 10.2 Å². The summed E-state index contributed by atoms with van der Waals surface area (Å²) in [6.07, 6.45) is 0. The Morgan fingerprint density at radius 1 is 1.50 bits per heavy atom. The van der Waals surface area contributed by atoms with E-state index in [9.17, 15) is 13.6 Å². The van der Waals surface area contributed by atoms with Crippen molar-refractivity contribution < 1.29 is 23.0 Å². The molecule has 1 atom stereocenters. The monoisotopic (exact) mass is 373 g/mol. The van der Waals surface area contributed by atoms with Gasteiger partial charge in [-0.1, -0.05) is 15.9 Å². The lowest BCUT2D eigenvalue weighted by Gasteiger charge is -2.23. The molecule has 0 aliphatic heterocycles. The predicted octanol–water partition coefficient (Wildman–Crippen LogP) is 3.08. The van der Waals surface area contributed by atoms with Gasteiger partial charge in [0.05, 0.1) is 13.7 Å². The minimum atomic E-state index is -3.81. The van der Waals surface area contributed by atoms with Gasteiger partial charge in [0.1, 0.15) is 11.8 Å². The van der Waals surface area contributed by atoms with Crippen LogP contribution < -0.4 is 10.5 Å². The average Bonchev–Trinajstić information content (AvgIpc) is 2.38. The van der Waals surface area contributed by atoms with Crippen LogP contribution in [-0.2, 0) is 9.53 Å². The number of carbonyl (C=O) groups excluding carboxylic acids is 1. The summed E-state index contributed by atoms with van der Waals surface area (Å²) in [5.74, 6) is -5.09. The Morgan fingerprint density at radius 2 is 2.10 bits per heavy atom. The second-order valence-corrected chi connectivity index (χ2v) is 4.56. The third-order valence-electron chi connectivity index (χ3n) is 2.48. The zero-order valence-electron chi connectivity index (χ0n) is 10.9. The highest BCUT2D eigenvalue weighted by Crippen LogP contribution is 2.36. The molecule has 0 spiro atoms. The highest BCUT2D eigenvalue weighted by molar-refractivity contribution is 9.10. The van der Waals surface area contributed by atoms with Crippen molar-refractivity contribution in [3.8, 4) is 5.75 Å². The van der Waals surface area contributed by atoms with Gasteiger partial charge in [0, 0.05) is 4.47 Å². The number of methoxy groups -OCH3 is 1. The van der Waals surface area contributed by atoms with Gasteiger partial charge in [-0.2, -0.15) is 8.78 Å². The molecule has 0 aliphatic rings. The van der Waals surface area contributed by atoms with Gasteiger partial charge in [0.15, 0.2) is 0 Å². The molecule has 1 aromatic rings. The van der Waals surface area contributed by atoms with E-state index in [1.165, 1.54) is 26.2 Å². The second-order valence-electron chi connectivity index (χ2n) is 3.71. The minimum absolute atomic E-state index is 0. The summed E-state index contributed by atoms with van der Waals surface area (Å²) in [4.78, 5) is 11.2. The Bertz CT molecular complexity index is 474. The van der Waals surface area contributed by atoms with E-state index >= 15 is 0 Å². The molecule has 0 aliphatic carbocycles. The van der Waals surface area contributed by atoms with E-state index in [4.69, 9.17) is 10.5 Å². The molecule has 0 radical (unpaired) electrons. The number of esters is 1. The molecule has 0 amide bonds. The van der Waals surface area contributed by atoms with Gasteiger partial charge in [0.25, 0.3) is 0 Å². The molecule has 0 fully saturated rings. The fourth-order valence-electron chi connectivity index (χ4n) is 1.44. The van der Waals surface area contributed by atoms with Gasteiger partial charge in [-0.15, -0.1) is 12.4 Å². The lowest BCUT2D eigenvalue weighted by atomic mass is 10.0. The number of alkyl halides is 2. The van der Waals surface area contributed by atoms with E-state index in [-0.39, 0.29) is 24.6 Å². The first-order valence-corrected chi connectivity index (χ1v) is 6.28. The summed E-state index contributed by atoms with van der Waals surface area (Å²) < 4.78 is 37.3. The van der Waals surface area contributed by atoms with Crippen molar-refractivity contribution in [2.75, 3.05) is 13.7 Å². The molecule has 0 aromatic heterocycles. The number of benzene rings is 1. The number of nitrogens with two attached hydrogens (primary N) is 1. The molecule has 4 nitrogen and oxygen atoms in total. The maximum absolute atomic E-state index is 13.8. The normalized spacial score (nSPS) is 12.3. The molecule has 0 unspecified atom stereocenters. The first kappa shape index (κ1) is 19.1. The Kier molecular flexibility index (Phi) is 7.40. The fraction of sp³-hybridized carbons (Fsp3) is 0.417. The van der Waals surface area contributed by atoms with Crippen LogP contribution in [0.1, 0.15) is 18.5 Å². The average molecular weight is 375 g/mol. The number of hydrogen-bond acceptors (Lipinski definition) is 4. The molecular formula is C12H15BrClF2NO3. The van der Waals surface area contributed by atoms with E-state index in [0.717, 1.165) is 0 Å². The van der Waals surface area contributed by atoms with Gasteiger partial charge >= 0.3 is 11.9 Å². The zero-order chi connectivity index (χ0) is 14.6. The fourth-order valence-corrected chi connectivity index (χ4v) is 1.93. The van der Waals surface area contributed by atoms with Gasteiger partial charge < -0.3 is 15.2 Å². The van der Waals surface area contributed by atoms with Crippen LogP contribution in [0.2, 0.25) is 0 Å². The van der Waals surface area contributed by atoms with Crippen molar-refractivity contribution in [2.45, 2.75) is 18.9 Å². The lowest BCUT2D eigenvalue weighted by Crippen LogP contribution is -2.41. The molecule has 1 rings (SSSR count). The van der Waals surface area contributed by atoms with Crippen molar-refractivity contribution in [2.24, 2.45) is 5.73 Å². The molecule has 0 saturated carbocycles. The Morgan fingerprint density at radius 3 is 2.60 bits per heavy atom. The maximum atomic E-state index is 13.8. The van der Waals surface area contributed by atoms with E-state index in [2.05, 4.69) is 20.7 Å². The SMILES string of the molecule is CCOC(=O)C(F)(F)[C@@H](N)c1cc(OC)ccc1Br.Cl. The molecule has 1 aromatic carbocycles. The molecule has 0 saturated heterocycles. The highest BCUT2D eigenvalue weighted by Gasteiger charge is 2.48. The second kappa shape index (κ2) is 7.75. The number of halogens is 4. The quantitative estimate of drug-likeness (QED) is 0.805. The van der Waals surface area contributed by atoms with Crippen molar-refractivity contribution >= 4 is 34.3 Å². The highest BCUT2D eigenvalue weighted by atomic mass is 79.9. The number of rotatable bonds is 5. The van der Waals surface area contributed by atoms with Crippen LogP contribution in [0.5, 0.6) is 5.75 Å². The smallest absolute Gasteiger partial charge is 0.379 e. The molecular weight excluding hydrogens is 359 g/mol. The van der Waals surface area contributed by atoms with Crippen molar-refractivity contribution in [1.29, 1.82) is 0 Å². The molecule has 0 bridgehead atoms. The summed E-state index contributed by atoms with van der Waals surface area (Å²) in [6.45, 7) is 1.31. The number of ether oxygens (including phenoxy) is 2. The first-order valence-electron chi connectivity index (χ1n) is 5.48. The standard InChI is InChI=1S/C12H14BrF2NO3.ClH/c1-3-19-11(17)12(14,15)10(16)8-6-7(18-2)4-5-9(8)13;/h4-6,10H,3,16H2,1-2H3;1H/t10-;/m0./s1. The minimum Gasteiger partial charge on any atom is -0.497 e. The van der Waals surface area contributed by atoms with Crippen molar-refractivity contribution in [3.05, 3.63) is 28.2 Å². The first-order chi connectivity index (χ1) is 8.84. The van der Waals surface area contributed by atoms with Gasteiger partial charge in [-0.3, -0.25) is 0 Å². The van der Waals surface area contributed by atoms with Crippen LogP contribution in [0.3, 0.4) is 0 Å². The number of carbonyl (C=O) groups is 1. The van der Waals surface area contributed by atoms with Crippen LogP contribution in [0.4, 0.5) is 8.78 Å². The van der Waals surface area contributed by atoms with Crippen LogP contribution >= 0.6 is 28.3 Å². The molecule has 8 heteroatoms. The third kappa shape index (κ3) is 4.04.